The van der Waals surface area contributed by atoms with Crippen molar-refractivity contribution in [2.75, 3.05) is 7.11 Å². The number of imide groups is 1. The first-order chi connectivity index (χ1) is 14.3. The van der Waals surface area contributed by atoms with Gasteiger partial charge in [0.05, 0.1) is 13.7 Å². The standard InChI is InChI=1S/C21H17F2N3O4/c1-21(12-7-8-15(22)16(23)9-12)19(27)26(20(28)24-21)11-13-10-17(25-30-13)14-5-3-4-6-18(14)29-2/h3-10H,11H2,1-2H3,(H,24,28). The first kappa shape index (κ1) is 19.6. The molecule has 0 radical (unpaired) electrons. The quantitative estimate of drug-likeness (QED) is 0.646. The second-order valence-corrected chi connectivity index (χ2v) is 6.95. The number of hydrogen-bond acceptors (Lipinski definition) is 5. The second kappa shape index (κ2) is 7.25. The number of nitrogens with one attached hydrogen (secondary N) is 1. The third-order valence-corrected chi connectivity index (χ3v) is 5.03. The van der Waals surface area contributed by atoms with E-state index < -0.39 is 29.1 Å². The van der Waals surface area contributed by atoms with E-state index in [-0.39, 0.29) is 17.9 Å². The summed E-state index contributed by atoms with van der Waals surface area (Å²) in [5.41, 5.74) is -0.219. The van der Waals surface area contributed by atoms with E-state index in [1.165, 1.54) is 20.1 Å². The molecule has 0 spiro atoms. The summed E-state index contributed by atoms with van der Waals surface area (Å²) in [5, 5.41) is 6.52. The molecule has 1 fully saturated rings. The number of amides is 3. The number of hydrogen-bond donors (Lipinski definition) is 1. The van der Waals surface area contributed by atoms with Crippen LogP contribution in [0, 0.1) is 11.6 Å². The van der Waals surface area contributed by atoms with Gasteiger partial charge in [0.25, 0.3) is 5.91 Å². The van der Waals surface area contributed by atoms with Gasteiger partial charge in [-0.25, -0.2) is 13.6 Å². The van der Waals surface area contributed by atoms with Gasteiger partial charge in [0.1, 0.15) is 17.0 Å². The fraction of sp³-hybridized carbons (Fsp3) is 0.190. The number of aromatic nitrogens is 1. The van der Waals surface area contributed by atoms with Crippen molar-refractivity contribution in [1.29, 1.82) is 0 Å². The van der Waals surface area contributed by atoms with E-state index in [1.54, 1.807) is 18.2 Å². The van der Waals surface area contributed by atoms with Crippen LogP contribution in [0.4, 0.5) is 13.6 Å². The summed E-state index contributed by atoms with van der Waals surface area (Å²) in [7, 11) is 1.53. The molecule has 30 heavy (non-hydrogen) atoms. The second-order valence-electron chi connectivity index (χ2n) is 6.95. The number of para-hydroxylation sites is 1. The van der Waals surface area contributed by atoms with Crippen molar-refractivity contribution < 1.29 is 27.6 Å². The number of halogens is 2. The van der Waals surface area contributed by atoms with Crippen LogP contribution in [0.2, 0.25) is 0 Å². The number of urea groups is 1. The fourth-order valence-electron chi connectivity index (χ4n) is 3.37. The maximum Gasteiger partial charge on any atom is 0.325 e. The van der Waals surface area contributed by atoms with Crippen LogP contribution in [0.3, 0.4) is 0 Å². The zero-order valence-corrected chi connectivity index (χ0v) is 16.1. The smallest absolute Gasteiger partial charge is 0.325 e. The SMILES string of the molecule is COc1ccccc1-c1cc(CN2C(=O)NC(C)(c3ccc(F)c(F)c3)C2=O)on1. The Bertz CT molecular complexity index is 1150. The van der Waals surface area contributed by atoms with Crippen LogP contribution in [0.1, 0.15) is 18.2 Å². The van der Waals surface area contributed by atoms with Crippen molar-refractivity contribution in [2.24, 2.45) is 0 Å². The van der Waals surface area contributed by atoms with Crippen LogP contribution in [-0.4, -0.2) is 29.1 Å². The Morgan fingerprint density at radius 1 is 1.13 bits per heavy atom. The van der Waals surface area contributed by atoms with Crippen LogP contribution in [0.25, 0.3) is 11.3 Å². The molecule has 1 aliphatic heterocycles. The van der Waals surface area contributed by atoms with E-state index in [2.05, 4.69) is 10.5 Å². The molecule has 3 amide bonds. The molecule has 1 saturated heterocycles. The van der Waals surface area contributed by atoms with Crippen LogP contribution in [0.15, 0.2) is 53.1 Å². The molecule has 1 unspecified atom stereocenters. The Hall–Kier alpha value is -3.75. The van der Waals surface area contributed by atoms with Gasteiger partial charge in [0.15, 0.2) is 17.4 Å². The molecule has 0 saturated carbocycles. The minimum absolute atomic E-state index is 0.134. The maximum atomic E-state index is 13.7. The Morgan fingerprint density at radius 3 is 2.63 bits per heavy atom. The van der Waals surface area contributed by atoms with E-state index in [9.17, 15) is 18.4 Å². The van der Waals surface area contributed by atoms with Gasteiger partial charge in [-0.1, -0.05) is 23.4 Å². The van der Waals surface area contributed by atoms with Gasteiger partial charge in [0.2, 0.25) is 0 Å². The first-order valence-electron chi connectivity index (χ1n) is 9.02. The van der Waals surface area contributed by atoms with E-state index in [0.717, 1.165) is 17.0 Å². The fourth-order valence-corrected chi connectivity index (χ4v) is 3.37. The number of methoxy groups -OCH3 is 1. The Morgan fingerprint density at radius 2 is 1.90 bits per heavy atom. The normalized spacial score (nSPS) is 18.6. The molecule has 2 aromatic carbocycles. The van der Waals surface area contributed by atoms with E-state index in [1.807, 2.05) is 12.1 Å². The van der Waals surface area contributed by atoms with E-state index in [4.69, 9.17) is 9.26 Å². The van der Waals surface area contributed by atoms with Gasteiger partial charge in [-0.2, -0.15) is 0 Å². The van der Waals surface area contributed by atoms with E-state index >= 15 is 0 Å². The zero-order valence-electron chi connectivity index (χ0n) is 16.1. The van der Waals surface area contributed by atoms with Crippen LogP contribution in [0.5, 0.6) is 5.75 Å². The lowest BCUT2D eigenvalue weighted by atomic mass is 9.92. The number of ether oxygens (including phenoxy) is 1. The predicted molar refractivity (Wildman–Crippen MR) is 101 cm³/mol. The van der Waals surface area contributed by atoms with Crippen molar-refractivity contribution in [3.05, 3.63) is 71.5 Å². The molecule has 0 aliphatic carbocycles. The molecule has 1 atom stereocenters. The summed E-state index contributed by atoms with van der Waals surface area (Å²) < 4.78 is 37.5. The van der Waals surface area contributed by atoms with Gasteiger partial charge in [-0.15, -0.1) is 0 Å². The number of nitrogens with zero attached hydrogens (tertiary/aromatic N) is 2. The zero-order chi connectivity index (χ0) is 21.5. The van der Waals surface area contributed by atoms with Gasteiger partial charge in [-0.3, -0.25) is 9.69 Å². The number of rotatable bonds is 5. The van der Waals surface area contributed by atoms with Gasteiger partial charge < -0.3 is 14.6 Å². The molecule has 1 aromatic heterocycles. The number of carbonyl (C=O) groups is 2. The van der Waals surface area contributed by atoms with Crippen LogP contribution in [-0.2, 0) is 16.9 Å². The number of carbonyl (C=O) groups excluding carboxylic acids is 2. The molecular formula is C21H17F2N3O4. The van der Waals surface area contributed by atoms with Crippen molar-refractivity contribution in [2.45, 2.75) is 19.0 Å². The summed E-state index contributed by atoms with van der Waals surface area (Å²) in [4.78, 5) is 26.3. The van der Waals surface area contributed by atoms with Crippen LogP contribution < -0.4 is 10.1 Å². The van der Waals surface area contributed by atoms with Gasteiger partial charge in [0, 0.05) is 11.6 Å². The lowest BCUT2D eigenvalue weighted by Crippen LogP contribution is -2.41. The summed E-state index contributed by atoms with van der Waals surface area (Å²) >= 11 is 0. The molecule has 1 aliphatic rings. The highest BCUT2D eigenvalue weighted by atomic mass is 19.2. The predicted octanol–water partition coefficient (Wildman–Crippen LogP) is 3.60. The molecule has 154 valence electrons. The third-order valence-electron chi connectivity index (χ3n) is 5.03. The summed E-state index contributed by atoms with van der Waals surface area (Å²) in [6, 6.07) is 11.2. The first-order valence-corrected chi connectivity index (χ1v) is 9.02. The highest BCUT2D eigenvalue weighted by molar-refractivity contribution is 6.07. The maximum absolute atomic E-state index is 13.7. The topological polar surface area (TPSA) is 84.7 Å². The van der Waals surface area contributed by atoms with Gasteiger partial charge in [-0.05, 0) is 36.8 Å². The molecule has 2 heterocycles. The summed E-state index contributed by atoms with van der Waals surface area (Å²) in [6.45, 7) is 1.26. The lowest BCUT2D eigenvalue weighted by molar-refractivity contribution is -0.131. The van der Waals surface area contributed by atoms with Crippen molar-refractivity contribution in [3.63, 3.8) is 0 Å². The van der Waals surface area contributed by atoms with E-state index in [0.29, 0.717) is 17.0 Å². The Kier molecular flexibility index (Phi) is 4.73. The number of benzene rings is 2. The molecule has 4 rings (SSSR count). The van der Waals surface area contributed by atoms with Crippen LogP contribution >= 0.6 is 0 Å². The summed E-state index contributed by atoms with van der Waals surface area (Å²) in [6.07, 6.45) is 0. The molecular weight excluding hydrogens is 396 g/mol. The molecule has 7 nitrogen and oxygen atoms in total. The monoisotopic (exact) mass is 413 g/mol. The third kappa shape index (κ3) is 3.18. The lowest BCUT2D eigenvalue weighted by Gasteiger charge is -2.22. The minimum atomic E-state index is -1.53. The molecule has 3 aromatic rings. The van der Waals surface area contributed by atoms with Crippen molar-refractivity contribution >= 4 is 11.9 Å². The van der Waals surface area contributed by atoms with Crippen molar-refractivity contribution in [3.8, 4) is 17.0 Å². The highest BCUT2D eigenvalue weighted by Crippen LogP contribution is 2.32. The van der Waals surface area contributed by atoms with Gasteiger partial charge >= 0.3 is 6.03 Å². The average Bonchev–Trinajstić information content (AvgIpc) is 3.29. The average molecular weight is 413 g/mol. The highest BCUT2D eigenvalue weighted by Gasteiger charge is 2.49. The Balaban J connectivity index is 1.59. The molecule has 1 N–H and O–H groups in total. The largest absolute Gasteiger partial charge is 0.496 e. The van der Waals surface area contributed by atoms with Crippen molar-refractivity contribution in [1.82, 2.24) is 15.4 Å². The molecule has 9 heteroatoms. The molecule has 0 bridgehead atoms. The summed E-state index contributed by atoms with van der Waals surface area (Å²) in [5.74, 6) is -1.90. The Labute approximate surface area is 170 Å². The minimum Gasteiger partial charge on any atom is -0.496 e.